The number of anilines is 1. The number of nitrogens with zero attached hydrogens (tertiary/aromatic N) is 1. The molecule has 1 N–H and O–H groups in total. The van der Waals surface area contributed by atoms with E-state index in [1.807, 2.05) is 42.5 Å². The molecule has 1 heterocycles. The first-order valence-electron chi connectivity index (χ1n) is 11.2. The number of hydrogen-bond acceptors (Lipinski definition) is 4. The van der Waals surface area contributed by atoms with Crippen LogP contribution >= 0.6 is 12.4 Å². The number of nitrogens with one attached hydrogen (secondary N) is 1. The van der Waals surface area contributed by atoms with Gasteiger partial charge >= 0.3 is 0 Å². The van der Waals surface area contributed by atoms with E-state index in [0.717, 1.165) is 36.7 Å². The maximum absolute atomic E-state index is 6.14. The highest BCUT2D eigenvalue weighted by Crippen LogP contribution is 2.24. The zero-order valence-corrected chi connectivity index (χ0v) is 19.7. The predicted molar refractivity (Wildman–Crippen MR) is 134 cm³/mol. The van der Waals surface area contributed by atoms with Crippen LogP contribution in [0, 0.1) is 0 Å². The summed E-state index contributed by atoms with van der Waals surface area (Å²) in [7, 11) is 0. The first-order chi connectivity index (χ1) is 15.2. The molecule has 1 fully saturated rings. The van der Waals surface area contributed by atoms with Crippen molar-refractivity contribution in [3.63, 3.8) is 0 Å². The van der Waals surface area contributed by atoms with Gasteiger partial charge in [-0.05, 0) is 53.4 Å². The molecule has 0 amide bonds. The highest BCUT2D eigenvalue weighted by molar-refractivity contribution is 5.85. The third-order valence-electron chi connectivity index (χ3n) is 5.76. The molecule has 1 atom stereocenters. The summed E-state index contributed by atoms with van der Waals surface area (Å²) in [5, 5.41) is 3.50. The van der Waals surface area contributed by atoms with Crippen LogP contribution in [0.4, 0.5) is 5.69 Å². The third kappa shape index (κ3) is 6.41. The molecule has 3 aromatic carbocycles. The summed E-state index contributed by atoms with van der Waals surface area (Å²) in [6.45, 7) is 8.58. The van der Waals surface area contributed by atoms with Gasteiger partial charge in [0.15, 0.2) is 0 Å². The SMILES string of the molecule is CC(C)c1ccc(N2CCNCC2COc2ccc(OCc3ccccc3)cc2)cc1.Cl. The van der Waals surface area contributed by atoms with Gasteiger partial charge in [-0.1, -0.05) is 56.3 Å². The second kappa shape index (κ2) is 11.8. The maximum Gasteiger partial charge on any atom is 0.120 e. The van der Waals surface area contributed by atoms with Crippen molar-refractivity contribution in [2.45, 2.75) is 32.4 Å². The Bertz CT molecular complexity index is 930. The van der Waals surface area contributed by atoms with E-state index < -0.39 is 0 Å². The van der Waals surface area contributed by atoms with Crippen molar-refractivity contribution in [1.29, 1.82) is 0 Å². The van der Waals surface area contributed by atoms with Gasteiger partial charge in [0.25, 0.3) is 0 Å². The van der Waals surface area contributed by atoms with Gasteiger partial charge in [0.2, 0.25) is 0 Å². The van der Waals surface area contributed by atoms with Crippen molar-refractivity contribution in [1.82, 2.24) is 5.32 Å². The summed E-state index contributed by atoms with van der Waals surface area (Å²) < 4.78 is 12.0. The van der Waals surface area contributed by atoms with E-state index in [-0.39, 0.29) is 12.4 Å². The Morgan fingerprint density at radius 2 is 1.53 bits per heavy atom. The van der Waals surface area contributed by atoms with Gasteiger partial charge in [0, 0.05) is 25.3 Å². The van der Waals surface area contributed by atoms with Crippen molar-refractivity contribution >= 4 is 18.1 Å². The Morgan fingerprint density at radius 1 is 0.875 bits per heavy atom. The highest BCUT2D eigenvalue weighted by Gasteiger charge is 2.23. The molecule has 0 saturated carbocycles. The van der Waals surface area contributed by atoms with Gasteiger partial charge in [-0.3, -0.25) is 0 Å². The second-order valence-corrected chi connectivity index (χ2v) is 8.35. The minimum absolute atomic E-state index is 0. The van der Waals surface area contributed by atoms with E-state index in [1.165, 1.54) is 11.3 Å². The number of piperazine rings is 1. The third-order valence-corrected chi connectivity index (χ3v) is 5.76. The van der Waals surface area contributed by atoms with Crippen LogP contribution < -0.4 is 19.7 Å². The summed E-state index contributed by atoms with van der Waals surface area (Å²) in [5.41, 5.74) is 3.81. The molecule has 1 saturated heterocycles. The molecule has 1 aliphatic heterocycles. The Labute approximate surface area is 198 Å². The van der Waals surface area contributed by atoms with E-state index in [4.69, 9.17) is 9.47 Å². The number of rotatable bonds is 8. The average molecular weight is 453 g/mol. The normalized spacial score (nSPS) is 15.8. The first kappa shape index (κ1) is 24.0. The van der Waals surface area contributed by atoms with Gasteiger partial charge in [0.05, 0.1) is 6.04 Å². The molecule has 5 heteroatoms. The van der Waals surface area contributed by atoms with Crippen LogP contribution in [-0.4, -0.2) is 32.3 Å². The summed E-state index contributed by atoms with van der Waals surface area (Å²) in [4.78, 5) is 2.46. The summed E-state index contributed by atoms with van der Waals surface area (Å²) in [6, 6.07) is 27.4. The summed E-state index contributed by atoms with van der Waals surface area (Å²) in [5.74, 6) is 2.27. The molecule has 4 nitrogen and oxygen atoms in total. The van der Waals surface area contributed by atoms with Crippen LogP contribution in [0.15, 0.2) is 78.9 Å². The highest BCUT2D eigenvalue weighted by atomic mass is 35.5. The number of benzene rings is 3. The van der Waals surface area contributed by atoms with Gasteiger partial charge in [-0.25, -0.2) is 0 Å². The lowest BCUT2D eigenvalue weighted by atomic mass is 10.0. The fourth-order valence-electron chi connectivity index (χ4n) is 3.87. The first-order valence-corrected chi connectivity index (χ1v) is 11.2. The number of ether oxygens (including phenoxy) is 2. The van der Waals surface area contributed by atoms with Crippen molar-refractivity contribution in [2.75, 3.05) is 31.1 Å². The zero-order valence-electron chi connectivity index (χ0n) is 18.9. The number of hydrogen-bond donors (Lipinski definition) is 1. The molecule has 0 aliphatic carbocycles. The summed E-state index contributed by atoms with van der Waals surface area (Å²) in [6.07, 6.45) is 0. The van der Waals surface area contributed by atoms with E-state index >= 15 is 0 Å². The second-order valence-electron chi connectivity index (χ2n) is 8.35. The molecule has 0 bridgehead atoms. The van der Waals surface area contributed by atoms with Gasteiger partial charge in [-0.2, -0.15) is 0 Å². The molecule has 0 radical (unpaired) electrons. The van der Waals surface area contributed by atoms with Crippen molar-refractivity contribution in [3.05, 3.63) is 90.0 Å². The van der Waals surface area contributed by atoms with Crippen LogP contribution in [0.2, 0.25) is 0 Å². The van der Waals surface area contributed by atoms with E-state index in [1.54, 1.807) is 0 Å². The monoisotopic (exact) mass is 452 g/mol. The molecular formula is C27H33ClN2O2. The minimum atomic E-state index is 0. The fourth-order valence-corrected chi connectivity index (χ4v) is 3.87. The van der Waals surface area contributed by atoms with Gasteiger partial charge in [0.1, 0.15) is 24.7 Å². The lowest BCUT2D eigenvalue weighted by molar-refractivity contribution is 0.265. The maximum atomic E-state index is 6.14. The molecule has 1 unspecified atom stereocenters. The molecule has 0 aromatic heterocycles. The molecular weight excluding hydrogens is 420 g/mol. The van der Waals surface area contributed by atoms with E-state index in [9.17, 15) is 0 Å². The largest absolute Gasteiger partial charge is 0.491 e. The average Bonchev–Trinajstić information content (AvgIpc) is 2.83. The van der Waals surface area contributed by atoms with E-state index in [0.29, 0.717) is 25.2 Å². The van der Waals surface area contributed by atoms with Gasteiger partial charge in [-0.15, -0.1) is 12.4 Å². The van der Waals surface area contributed by atoms with Crippen molar-refractivity contribution in [2.24, 2.45) is 0 Å². The quantitative estimate of drug-likeness (QED) is 0.477. The smallest absolute Gasteiger partial charge is 0.120 e. The lowest BCUT2D eigenvalue weighted by Crippen LogP contribution is -2.54. The van der Waals surface area contributed by atoms with E-state index in [2.05, 4.69) is 60.5 Å². The lowest BCUT2D eigenvalue weighted by Gasteiger charge is -2.38. The Hall–Kier alpha value is -2.69. The molecule has 32 heavy (non-hydrogen) atoms. The van der Waals surface area contributed by atoms with Crippen molar-refractivity contribution in [3.8, 4) is 11.5 Å². The van der Waals surface area contributed by atoms with Crippen LogP contribution in [0.1, 0.15) is 30.9 Å². The Kier molecular flexibility index (Phi) is 8.83. The van der Waals surface area contributed by atoms with Gasteiger partial charge < -0.3 is 19.7 Å². The Balaban J connectivity index is 0.00000289. The number of halogens is 1. The summed E-state index contributed by atoms with van der Waals surface area (Å²) >= 11 is 0. The van der Waals surface area contributed by atoms with Crippen LogP contribution in [0.3, 0.4) is 0 Å². The Morgan fingerprint density at radius 3 is 2.19 bits per heavy atom. The topological polar surface area (TPSA) is 33.7 Å². The van der Waals surface area contributed by atoms with Crippen molar-refractivity contribution < 1.29 is 9.47 Å². The zero-order chi connectivity index (χ0) is 21.5. The molecule has 4 rings (SSSR count). The standard InChI is InChI=1S/C27H32N2O2.ClH/c1-21(2)23-8-10-24(11-9-23)29-17-16-28-18-25(29)20-31-27-14-12-26(13-15-27)30-19-22-6-4-3-5-7-22;/h3-15,21,25,28H,16-20H2,1-2H3;1H. The molecule has 0 spiro atoms. The van der Waals surface area contributed by atoms with Crippen LogP contribution in [-0.2, 0) is 6.61 Å². The molecule has 3 aromatic rings. The molecule has 170 valence electrons. The minimum Gasteiger partial charge on any atom is -0.491 e. The van der Waals surface area contributed by atoms with Crippen LogP contribution in [0.25, 0.3) is 0 Å². The fraction of sp³-hybridized carbons (Fsp3) is 0.333. The predicted octanol–water partition coefficient (Wildman–Crippen LogP) is 5.67. The van der Waals surface area contributed by atoms with Crippen LogP contribution in [0.5, 0.6) is 11.5 Å². The molecule has 1 aliphatic rings.